The van der Waals surface area contributed by atoms with Crippen molar-refractivity contribution in [1.29, 1.82) is 0 Å². The van der Waals surface area contributed by atoms with Crippen molar-refractivity contribution in [3.05, 3.63) is 58.9 Å². The van der Waals surface area contributed by atoms with Gasteiger partial charge in [-0.1, -0.05) is 25.1 Å². The van der Waals surface area contributed by atoms with E-state index in [-0.39, 0.29) is 11.9 Å². The van der Waals surface area contributed by atoms with Gasteiger partial charge < -0.3 is 5.32 Å². The summed E-state index contributed by atoms with van der Waals surface area (Å²) in [6, 6.07) is 6.99. The summed E-state index contributed by atoms with van der Waals surface area (Å²) >= 11 is 0. The molecular weight excluding hydrogens is 265 g/mol. The molecule has 4 heteroatoms. The fraction of sp³-hybridized carbons (Fsp3) is 0.412. The van der Waals surface area contributed by atoms with Crippen LogP contribution in [0.1, 0.15) is 49.0 Å². The summed E-state index contributed by atoms with van der Waals surface area (Å²) in [5, 5.41) is 3.43. The third kappa shape index (κ3) is 4.08. The highest BCUT2D eigenvalue weighted by Crippen LogP contribution is 2.16. The number of nitrogens with zero attached hydrogens (tertiary/aromatic N) is 2. The second kappa shape index (κ2) is 7.27. The first-order valence-electron chi connectivity index (χ1n) is 7.41. The highest BCUT2D eigenvalue weighted by atomic mass is 19.1. The monoisotopic (exact) mass is 287 g/mol. The van der Waals surface area contributed by atoms with E-state index in [4.69, 9.17) is 0 Å². The largest absolute Gasteiger partial charge is 0.310 e. The fourth-order valence-corrected chi connectivity index (χ4v) is 2.32. The molecule has 1 atom stereocenters. The average molecular weight is 287 g/mol. The number of benzene rings is 1. The summed E-state index contributed by atoms with van der Waals surface area (Å²) in [7, 11) is 0. The van der Waals surface area contributed by atoms with Gasteiger partial charge in [0.05, 0.1) is 0 Å². The van der Waals surface area contributed by atoms with Crippen LogP contribution in [0, 0.1) is 12.7 Å². The molecule has 0 aliphatic rings. The van der Waals surface area contributed by atoms with Crippen molar-refractivity contribution in [1.82, 2.24) is 15.3 Å². The molecule has 0 spiro atoms. The zero-order valence-corrected chi connectivity index (χ0v) is 12.9. The van der Waals surface area contributed by atoms with Crippen molar-refractivity contribution in [2.24, 2.45) is 0 Å². The lowest BCUT2D eigenvalue weighted by molar-refractivity contribution is 0.562. The average Bonchev–Trinajstić information content (AvgIpc) is 2.47. The highest BCUT2D eigenvalue weighted by molar-refractivity contribution is 5.24. The number of halogens is 1. The van der Waals surface area contributed by atoms with Crippen LogP contribution in [0.3, 0.4) is 0 Å². The molecule has 0 aliphatic heterocycles. The van der Waals surface area contributed by atoms with Gasteiger partial charge in [-0.05, 0) is 38.4 Å². The van der Waals surface area contributed by atoms with Gasteiger partial charge in [-0.3, -0.25) is 0 Å². The lowest BCUT2D eigenvalue weighted by Crippen LogP contribution is -2.21. The first-order chi connectivity index (χ1) is 10.1. The first-order valence-corrected chi connectivity index (χ1v) is 7.41. The summed E-state index contributed by atoms with van der Waals surface area (Å²) in [5.74, 6) is 0.449. The molecule has 0 saturated carbocycles. The third-order valence-corrected chi connectivity index (χ3v) is 3.54. The quantitative estimate of drug-likeness (QED) is 0.882. The topological polar surface area (TPSA) is 37.8 Å². The molecule has 0 saturated heterocycles. The Kier molecular flexibility index (Phi) is 5.39. The van der Waals surface area contributed by atoms with Gasteiger partial charge in [-0.2, -0.15) is 0 Å². The molecule has 0 bridgehead atoms. The number of nitrogens with one attached hydrogen (secondary N) is 1. The van der Waals surface area contributed by atoms with E-state index < -0.39 is 0 Å². The maximum atomic E-state index is 13.7. The van der Waals surface area contributed by atoms with E-state index in [9.17, 15) is 4.39 Å². The second-order valence-corrected chi connectivity index (χ2v) is 5.27. The molecule has 0 aliphatic carbocycles. The van der Waals surface area contributed by atoms with Crippen LogP contribution in [0.4, 0.5) is 4.39 Å². The maximum Gasteiger partial charge on any atom is 0.133 e. The lowest BCUT2D eigenvalue weighted by atomic mass is 10.1. The molecule has 0 amide bonds. The zero-order valence-electron chi connectivity index (χ0n) is 12.9. The molecule has 2 rings (SSSR count). The van der Waals surface area contributed by atoms with Crippen LogP contribution in [0.5, 0.6) is 0 Å². The van der Waals surface area contributed by atoms with Crippen LogP contribution in [0.25, 0.3) is 0 Å². The second-order valence-electron chi connectivity index (χ2n) is 5.27. The van der Waals surface area contributed by atoms with Crippen LogP contribution in [0.2, 0.25) is 0 Å². The summed E-state index contributed by atoms with van der Waals surface area (Å²) in [6.07, 6.45) is 3.37. The summed E-state index contributed by atoms with van der Waals surface area (Å²) in [6.45, 7) is 7.20. The van der Waals surface area contributed by atoms with Crippen molar-refractivity contribution < 1.29 is 4.39 Å². The van der Waals surface area contributed by atoms with Gasteiger partial charge in [0.1, 0.15) is 11.6 Å². The van der Waals surface area contributed by atoms with Gasteiger partial charge >= 0.3 is 0 Å². The van der Waals surface area contributed by atoms with Gasteiger partial charge in [-0.15, -0.1) is 0 Å². The lowest BCUT2D eigenvalue weighted by Gasteiger charge is -2.15. The minimum absolute atomic E-state index is 0.208. The van der Waals surface area contributed by atoms with E-state index in [2.05, 4.69) is 29.1 Å². The molecule has 1 heterocycles. The van der Waals surface area contributed by atoms with E-state index in [1.165, 1.54) is 6.07 Å². The van der Waals surface area contributed by atoms with Crippen molar-refractivity contribution in [3.8, 4) is 0 Å². The van der Waals surface area contributed by atoms with E-state index in [0.29, 0.717) is 17.8 Å². The Morgan fingerprint density at radius 1 is 1.29 bits per heavy atom. The molecule has 3 nitrogen and oxygen atoms in total. The zero-order chi connectivity index (χ0) is 15.2. The maximum absolute atomic E-state index is 13.7. The van der Waals surface area contributed by atoms with Gasteiger partial charge in [-0.25, -0.2) is 14.4 Å². The highest BCUT2D eigenvalue weighted by Gasteiger charge is 2.11. The summed E-state index contributed by atoms with van der Waals surface area (Å²) in [4.78, 5) is 8.91. The van der Waals surface area contributed by atoms with E-state index in [0.717, 1.165) is 24.2 Å². The Morgan fingerprint density at radius 3 is 2.71 bits per heavy atom. The fourth-order valence-electron chi connectivity index (χ4n) is 2.32. The summed E-state index contributed by atoms with van der Waals surface area (Å²) < 4.78 is 13.7. The molecule has 0 radical (unpaired) electrons. The molecule has 21 heavy (non-hydrogen) atoms. The van der Waals surface area contributed by atoms with Gasteiger partial charge in [0, 0.05) is 29.9 Å². The predicted molar refractivity (Wildman–Crippen MR) is 82.7 cm³/mol. The van der Waals surface area contributed by atoms with Crippen LogP contribution in [-0.4, -0.2) is 16.5 Å². The molecular formula is C17H22FN3. The number of hydrogen-bond donors (Lipinski definition) is 1. The molecule has 1 aromatic carbocycles. The first kappa shape index (κ1) is 15.6. The van der Waals surface area contributed by atoms with E-state index in [1.54, 1.807) is 12.1 Å². The van der Waals surface area contributed by atoms with Gasteiger partial charge in [0.2, 0.25) is 0 Å². The number of rotatable bonds is 6. The van der Waals surface area contributed by atoms with Gasteiger partial charge in [0.25, 0.3) is 0 Å². The molecule has 112 valence electrons. The number of hydrogen-bond acceptors (Lipinski definition) is 3. The van der Waals surface area contributed by atoms with E-state index in [1.807, 2.05) is 19.2 Å². The molecule has 0 fully saturated rings. The van der Waals surface area contributed by atoms with Crippen LogP contribution < -0.4 is 5.32 Å². The van der Waals surface area contributed by atoms with Crippen LogP contribution in [-0.2, 0) is 6.42 Å². The number of aromatic nitrogens is 2. The normalized spacial score (nSPS) is 12.4. The van der Waals surface area contributed by atoms with Crippen LogP contribution >= 0.6 is 0 Å². The predicted octanol–water partition coefficient (Wildman–Crippen LogP) is 3.58. The smallest absolute Gasteiger partial charge is 0.133 e. The Labute approximate surface area is 125 Å². The Bertz CT molecular complexity index is 598. The Morgan fingerprint density at radius 2 is 2.05 bits per heavy atom. The Balaban J connectivity index is 2.14. The SMILES string of the molecule is CCCNC(C)c1cnc(Cc2ccccc2F)nc1C. The molecule has 1 aromatic heterocycles. The standard InChI is InChI=1S/C17H22FN3/c1-4-9-19-12(2)15-11-20-17(21-13(15)3)10-14-7-5-6-8-16(14)18/h5-8,11-12,19H,4,9-10H2,1-3H3. The van der Waals surface area contributed by atoms with Crippen molar-refractivity contribution >= 4 is 0 Å². The minimum atomic E-state index is -0.208. The molecule has 2 aromatic rings. The van der Waals surface area contributed by atoms with Crippen molar-refractivity contribution in [2.45, 2.75) is 39.7 Å². The number of aryl methyl sites for hydroxylation is 1. The van der Waals surface area contributed by atoms with Crippen LogP contribution in [0.15, 0.2) is 30.5 Å². The Hall–Kier alpha value is -1.81. The van der Waals surface area contributed by atoms with Gasteiger partial charge in [0.15, 0.2) is 0 Å². The molecule has 1 unspecified atom stereocenters. The summed E-state index contributed by atoms with van der Waals surface area (Å²) in [5.41, 5.74) is 2.68. The molecule has 1 N–H and O–H groups in total. The van der Waals surface area contributed by atoms with Crippen molar-refractivity contribution in [3.63, 3.8) is 0 Å². The third-order valence-electron chi connectivity index (χ3n) is 3.54. The minimum Gasteiger partial charge on any atom is -0.310 e. The van der Waals surface area contributed by atoms with Crippen molar-refractivity contribution in [2.75, 3.05) is 6.54 Å². The van der Waals surface area contributed by atoms with E-state index >= 15 is 0 Å².